The van der Waals surface area contributed by atoms with Gasteiger partial charge in [0.05, 0.1) is 4.90 Å². The highest BCUT2D eigenvalue weighted by molar-refractivity contribution is 7.92. The summed E-state index contributed by atoms with van der Waals surface area (Å²) in [4.78, 5) is 15.3. The second kappa shape index (κ2) is 6.40. The van der Waals surface area contributed by atoms with Gasteiger partial charge in [0.25, 0.3) is 10.0 Å². The molecule has 1 aromatic carbocycles. The smallest absolute Gasteiger partial charge is 0.263 e. The summed E-state index contributed by atoms with van der Waals surface area (Å²) in [5.41, 5.74) is 1.19. The van der Waals surface area contributed by atoms with Gasteiger partial charge in [0.15, 0.2) is 0 Å². The number of sulfonamides is 1. The maximum absolute atomic E-state index is 12.2. The highest BCUT2D eigenvalue weighted by Crippen LogP contribution is 2.17. The first-order valence-corrected chi connectivity index (χ1v) is 7.89. The van der Waals surface area contributed by atoms with Gasteiger partial charge >= 0.3 is 0 Å². The van der Waals surface area contributed by atoms with Crippen LogP contribution in [0, 0.1) is 6.92 Å². The molecule has 0 radical (unpaired) electrons. The topological polar surface area (TPSA) is 88.2 Å². The van der Waals surface area contributed by atoms with Gasteiger partial charge in [-0.25, -0.2) is 13.4 Å². The first kappa shape index (κ1) is 15.7. The number of pyridine rings is 1. The summed E-state index contributed by atoms with van der Waals surface area (Å²) < 4.78 is 26.9. The molecule has 0 aliphatic heterocycles. The fourth-order valence-electron chi connectivity index (χ4n) is 1.71. The van der Waals surface area contributed by atoms with Crippen LogP contribution in [0.4, 0.5) is 11.5 Å². The van der Waals surface area contributed by atoms with Gasteiger partial charge in [-0.15, -0.1) is 0 Å². The van der Waals surface area contributed by atoms with Crippen molar-refractivity contribution in [2.45, 2.75) is 11.8 Å². The summed E-state index contributed by atoms with van der Waals surface area (Å²) in [6.45, 7) is 5.12. The van der Waals surface area contributed by atoms with Crippen LogP contribution in [0.2, 0.25) is 0 Å². The largest absolute Gasteiger partial charge is 0.323 e. The van der Waals surface area contributed by atoms with E-state index in [0.29, 0.717) is 11.4 Å². The van der Waals surface area contributed by atoms with Crippen molar-refractivity contribution < 1.29 is 13.2 Å². The molecule has 0 unspecified atom stereocenters. The van der Waals surface area contributed by atoms with Crippen LogP contribution in [-0.4, -0.2) is 19.3 Å². The zero-order valence-corrected chi connectivity index (χ0v) is 12.7. The first-order chi connectivity index (χ1) is 10.4. The predicted octanol–water partition coefficient (Wildman–Crippen LogP) is 2.32. The number of aryl methyl sites for hydroxylation is 1. The molecule has 0 bridgehead atoms. The Labute approximate surface area is 129 Å². The molecule has 1 amide bonds. The number of hydrogen-bond acceptors (Lipinski definition) is 4. The average Bonchev–Trinajstić information content (AvgIpc) is 2.47. The number of amides is 1. The van der Waals surface area contributed by atoms with Gasteiger partial charge in [-0.05, 0) is 49.4 Å². The zero-order chi connectivity index (χ0) is 16.2. The number of benzene rings is 1. The second-order valence-corrected chi connectivity index (χ2v) is 6.17. The molecule has 0 spiro atoms. The Morgan fingerprint density at radius 3 is 2.45 bits per heavy atom. The van der Waals surface area contributed by atoms with Crippen molar-refractivity contribution in [1.29, 1.82) is 0 Å². The summed E-state index contributed by atoms with van der Waals surface area (Å²) in [6.07, 6.45) is 1.13. The van der Waals surface area contributed by atoms with E-state index in [9.17, 15) is 13.2 Å². The van der Waals surface area contributed by atoms with E-state index >= 15 is 0 Å². The molecule has 0 fully saturated rings. The Bertz CT molecular complexity index is 799. The lowest BCUT2D eigenvalue weighted by molar-refractivity contribution is -0.111. The Balaban J connectivity index is 2.19. The first-order valence-electron chi connectivity index (χ1n) is 6.41. The van der Waals surface area contributed by atoms with Crippen molar-refractivity contribution in [3.05, 3.63) is 60.8 Å². The van der Waals surface area contributed by atoms with Crippen molar-refractivity contribution >= 4 is 27.4 Å². The van der Waals surface area contributed by atoms with Crippen LogP contribution in [0.5, 0.6) is 0 Å². The zero-order valence-electron chi connectivity index (χ0n) is 11.9. The fourth-order valence-corrected chi connectivity index (χ4v) is 2.71. The van der Waals surface area contributed by atoms with Crippen LogP contribution in [0.25, 0.3) is 0 Å². The molecule has 22 heavy (non-hydrogen) atoms. The van der Waals surface area contributed by atoms with Crippen LogP contribution < -0.4 is 10.0 Å². The van der Waals surface area contributed by atoms with E-state index in [4.69, 9.17) is 0 Å². The number of hydrogen-bond donors (Lipinski definition) is 2. The van der Waals surface area contributed by atoms with E-state index in [1.165, 1.54) is 24.3 Å². The number of nitrogens with zero attached hydrogens (tertiary/aromatic N) is 1. The van der Waals surface area contributed by atoms with Gasteiger partial charge in [-0.1, -0.05) is 12.6 Å². The molecule has 0 aliphatic rings. The number of nitrogens with one attached hydrogen (secondary N) is 2. The molecule has 0 saturated carbocycles. The van der Waals surface area contributed by atoms with Gasteiger partial charge in [-0.3, -0.25) is 9.52 Å². The quantitative estimate of drug-likeness (QED) is 0.828. The summed E-state index contributed by atoms with van der Waals surface area (Å²) in [5, 5.41) is 2.54. The lowest BCUT2D eigenvalue weighted by atomic mass is 10.3. The SMILES string of the molecule is C=CC(=O)Nc1ccc(S(=O)(=O)Nc2cccc(C)n2)cc1. The van der Waals surface area contributed by atoms with Gasteiger partial charge in [0, 0.05) is 11.4 Å². The van der Waals surface area contributed by atoms with Crippen molar-refractivity contribution in [2.24, 2.45) is 0 Å². The van der Waals surface area contributed by atoms with Gasteiger partial charge in [-0.2, -0.15) is 0 Å². The van der Waals surface area contributed by atoms with Crippen LogP contribution >= 0.6 is 0 Å². The molecule has 1 aromatic heterocycles. The van der Waals surface area contributed by atoms with Crippen molar-refractivity contribution in [1.82, 2.24) is 4.98 Å². The number of aromatic nitrogens is 1. The maximum Gasteiger partial charge on any atom is 0.263 e. The molecule has 2 rings (SSSR count). The lowest BCUT2D eigenvalue weighted by Gasteiger charge is -2.08. The molecular weight excluding hydrogens is 302 g/mol. The molecule has 2 aromatic rings. The predicted molar refractivity (Wildman–Crippen MR) is 85.1 cm³/mol. The maximum atomic E-state index is 12.2. The monoisotopic (exact) mass is 317 g/mol. The molecule has 0 atom stereocenters. The van der Waals surface area contributed by atoms with Crippen LogP contribution in [-0.2, 0) is 14.8 Å². The Morgan fingerprint density at radius 1 is 1.18 bits per heavy atom. The van der Waals surface area contributed by atoms with Crippen molar-refractivity contribution in [2.75, 3.05) is 10.0 Å². The van der Waals surface area contributed by atoms with E-state index in [1.807, 2.05) is 0 Å². The molecule has 0 saturated heterocycles. The lowest BCUT2D eigenvalue weighted by Crippen LogP contribution is -2.14. The Kier molecular flexibility index (Phi) is 4.57. The minimum absolute atomic E-state index is 0.0763. The Hall–Kier alpha value is -2.67. The Morgan fingerprint density at radius 2 is 1.86 bits per heavy atom. The van der Waals surface area contributed by atoms with E-state index in [2.05, 4.69) is 21.6 Å². The third kappa shape index (κ3) is 3.92. The number of carbonyl (C=O) groups excluding carboxylic acids is 1. The van der Waals surface area contributed by atoms with Gasteiger partial charge in [0.1, 0.15) is 5.82 Å². The highest BCUT2D eigenvalue weighted by Gasteiger charge is 2.14. The van der Waals surface area contributed by atoms with E-state index in [0.717, 1.165) is 6.08 Å². The van der Waals surface area contributed by atoms with Gasteiger partial charge < -0.3 is 5.32 Å². The highest BCUT2D eigenvalue weighted by atomic mass is 32.2. The minimum atomic E-state index is -3.73. The van der Waals surface area contributed by atoms with Gasteiger partial charge in [0.2, 0.25) is 5.91 Å². The molecule has 6 nitrogen and oxygen atoms in total. The number of anilines is 2. The van der Waals surface area contributed by atoms with Crippen molar-refractivity contribution in [3.63, 3.8) is 0 Å². The standard InChI is InChI=1S/C15H15N3O3S/c1-3-15(19)17-12-7-9-13(10-8-12)22(20,21)18-14-6-4-5-11(2)16-14/h3-10H,1H2,2H3,(H,16,18)(H,17,19). The molecule has 0 aliphatic carbocycles. The molecule has 7 heteroatoms. The summed E-state index contributed by atoms with van der Waals surface area (Å²) in [6, 6.07) is 10.9. The number of rotatable bonds is 5. The molecular formula is C15H15N3O3S. The molecule has 2 N–H and O–H groups in total. The third-order valence-corrected chi connectivity index (χ3v) is 4.12. The van der Waals surface area contributed by atoms with Crippen LogP contribution in [0.3, 0.4) is 0 Å². The van der Waals surface area contributed by atoms with Crippen molar-refractivity contribution in [3.8, 4) is 0 Å². The third-order valence-electron chi connectivity index (χ3n) is 2.74. The average molecular weight is 317 g/mol. The van der Waals surface area contributed by atoms with E-state index in [1.54, 1.807) is 25.1 Å². The summed E-state index contributed by atoms with van der Waals surface area (Å²) in [7, 11) is -3.73. The van der Waals surface area contributed by atoms with E-state index in [-0.39, 0.29) is 16.6 Å². The summed E-state index contributed by atoms with van der Waals surface area (Å²) in [5.74, 6) is -0.110. The number of carbonyl (C=O) groups is 1. The summed E-state index contributed by atoms with van der Waals surface area (Å²) >= 11 is 0. The van der Waals surface area contributed by atoms with Crippen LogP contribution in [0.15, 0.2) is 60.0 Å². The minimum Gasteiger partial charge on any atom is -0.323 e. The second-order valence-electron chi connectivity index (χ2n) is 4.49. The molecule has 1 heterocycles. The molecule has 114 valence electrons. The van der Waals surface area contributed by atoms with E-state index < -0.39 is 10.0 Å². The van der Waals surface area contributed by atoms with Crippen LogP contribution in [0.1, 0.15) is 5.69 Å². The fraction of sp³-hybridized carbons (Fsp3) is 0.0667. The normalized spacial score (nSPS) is 10.8.